The average molecular weight is 403 g/mol. The van der Waals surface area contributed by atoms with Gasteiger partial charge in [0.15, 0.2) is 6.61 Å². The summed E-state index contributed by atoms with van der Waals surface area (Å²) in [6.07, 6.45) is 0.835. The molecular weight excluding hydrogens is 376 g/mol. The highest BCUT2D eigenvalue weighted by Gasteiger charge is 2.26. The fourth-order valence-corrected chi connectivity index (χ4v) is 2.95. The van der Waals surface area contributed by atoms with E-state index in [4.69, 9.17) is 16.3 Å². The Morgan fingerprint density at radius 1 is 1.18 bits per heavy atom. The highest BCUT2D eigenvalue weighted by Crippen LogP contribution is 2.18. The number of aryl methyl sites for hydroxylation is 1. The quantitative estimate of drug-likeness (QED) is 0.690. The Balaban J connectivity index is 2.13. The van der Waals surface area contributed by atoms with E-state index < -0.39 is 6.04 Å². The molecule has 1 atom stereocenters. The Kier molecular flexibility index (Phi) is 8.33. The number of carbonyl (C=O) groups is 2. The van der Waals surface area contributed by atoms with Gasteiger partial charge >= 0.3 is 0 Å². The molecule has 0 radical (unpaired) electrons. The first-order valence-corrected chi connectivity index (χ1v) is 9.79. The molecule has 2 aromatic rings. The first kappa shape index (κ1) is 21.8. The van der Waals surface area contributed by atoms with Gasteiger partial charge in [-0.1, -0.05) is 54.4 Å². The third-order valence-electron chi connectivity index (χ3n) is 4.31. The molecule has 2 rings (SSSR count). The smallest absolute Gasteiger partial charge is 0.261 e. The van der Waals surface area contributed by atoms with Gasteiger partial charge < -0.3 is 15.0 Å². The summed E-state index contributed by atoms with van der Waals surface area (Å²) >= 11 is 5.96. The monoisotopic (exact) mass is 402 g/mol. The Bertz CT molecular complexity index is 810. The summed E-state index contributed by atoms with van der Waals surface area (Å²) in [5.74, 6) is 0.0747. The Morgan fingerprint density at radius 2 is 1.93 bits per heavy atom. The van der Waals surface area contributed by atoms with Crippen LogP contribution in [0.4, 0.5) is 0 Å². The standard InChI is InChI=1S/C22H27ClN2O3/c1-4-11-24-22(27)17(3)25(14-18-8-5-7-16(2)12-18)21(26)15-28-20-10-6-9-19(23)13-20/h5-10,12-13,17H,4,11,14-15H2,1-3H3,(H,24,27). The SMILES string of the molecule is CCCNC(=O)C(C)N(Cc1cccc(C)c1)C(=O)COc1cccc(Cl)c1. The van der Waals surface area contributed by atoms with Crippen molar-refractivity contribution in [2.45, 2.75) is 39.8 Å². The number of nitrogens with zero attached hydrogens (tertiary/aromatic N) is 1. The largest absolute Gasteiger partial charge is 0.484 e. The van der Waals surface area contributed by atoms with Gasteiger partial charge in [0, 0.05) is 18.1 Å². The second kappa shape index (κ2) is 10.7. The van der Waals surface area contributed by atoms with E-state index in [-0.39, 0.29) is 18.4 Å². The summed E-state index contributed by atoms with van der Waals surface area (Å²) in [4.78, 5) is 26.9. The molecule has 1 N–H and O–H groups in total. The van der Waals surface area contributed by atoms with Gasteiger partial charge in [0.1, 0.15) is 11.8 Å². The molecule has 0 aliphatic rings. The summed E-state index contributed by atoms with van der Waals surface area (Å²) in [6, 6.07) is 14.2. The van der Waals surface area contributed by atoms with Crippen LogP contribution in [-0.4, -0.2) is 35.9 Å². The van der Waals surface area contributed by atoms with E-state index in [1.165, 1.54) is 0 Å². The van der Waals surface area contributed by atoms with Gasteiger partial charge in [-0.05, 0) is 44.0 Å². The van der Waals surface area contributed by atoms with E-state index in [1.54, 1.807) is 36.1 Å². The van der Waals surface area contributed by atoms with Gasteiger partial charge in [-0.25, -0.2) is 0 Å². The molecule has 0 saturated heterocycles. The normalized spacial score (nSPS) is 11.6. The van der Waals surface area contributed by atoms with Crippen molar-refractivity contribution >= 4 is 23.4 Å². The molecule has 0 aromatic heterocycles. The van der Waals surface area contributed by atoms with E-state index in [0.717, 1.165) is 17.5 Å². The van der Waals surface area contributed by atoms with Crippen LogP contribution in [0.15, 0.2) is 48.5 Å². The number of benzene rings is 2. The number of amides is 2. The molecule has 6 heteroatoms. The number of halogens is 1. The molecule has 1 unspecified atom stereocenters. The maximum absolute atomic E-state index is 12.9. The zero-order chi connectivity index (χ0) is 20.5. The number of hydrogen-bond donors (Lipinski definition) is 1. The van der Waals surface area contributed by atoms with E-state index in [1.807, 2.05) is 38.1 Å². The van der Waals surface area contributed by atoms with Crippen molar-refractivity contribution in [3.8, 4) is 5.75 Å². The van der Waals surface area contributed by atoms with Crippen LogP contribution in [0.2, 0.25) is 5.02 Å². The van der Waals surface area contributed by atoms with E-state index in [0.29, 0.717) is 23.9 Å². The molecule has 0 fully saturated rings. The lowest BCUT2D eigenvalue weighted by Gasteiger charge is -2.29. The minimum atomic E-state index is -0.609. The highest BCUT2D eigenvalue weighted by atomic mass is 35.5. The topological polar surface area (TPSA) is 58.6 Å². The molecule has 2 amide bonds. The lowest BCUT2D eigenvalue weighted by molar-refractivity contribution is -0.142. The van der Waals surface area contributed by atoms with Crippen molar-refractivity contribution in [3.05, 3.63) is 64.7 Å². The molecule has 150 valence electrons. The van der Waals surface area contributed by atoms with Crippen LogP contribution in [0, 0.1) is 6.92 Å². The number of rotatable bonds is 9. The zero-order valence-corrected chi connectivity index (χ0v) is 17.3. The third kappa shape index (κ3) is 6.57. The second-order valence-electron chi connectivity index (χ2n) is 6.72. The molecule has 5 nitrogen and oxygen atoms in total. The van der Waals surface area contributed by atoms with Crippen molar-refractivity contribution in [3.63, 3.8) is 0 Å². The molecule has 0 heterocycles. The Hall–Kier alpha value is -2.53. The van der Waals surface area contributed by atoms with Crippen molar-refractivity contribution < 1.29 is 14.3 Å². The van der Waals surface area contributed by atoms with Gasteiger partial charge in [0.05, 0.1) is 0 Å². The van der Waals surface area contributed by atoms with E-state index in [9.17, 15) is 9.59 Å². The van der Waals surface area contributed by atoms with Gasteiger partial charge in [0.25, 0.3) is 5.91 Å². The molecule has 0 spiro atoms. The summed E-state index contributed by atoms with van der Waals surface area (Å²) in [6.45, 7) is 6.46. The molecule has 2 aromatic carbocycles. The second-order valence-corrected chi connectivity index (χ2v) is 7.16. The molecule has 0 bridgehead atoms. The van der Waals surface area contributed by atoms with E-state index in [2.05, 4.69) is 5.32 Å². The molecule has 0 aliphatic carbocycles. The molecule has 0 saturated carbocycles. The van der Waals surface area contributed by atoms with Crippen LogP contribution in [0.25, 0.3) is 0 Å². The fraction of sp³-hybridized carbons (Fsp3) is 0.364. The third-order valence-corrected chi connectivity index (χ3v) is 4.55. The summed E-state index contributed by atoms with van der Waals surface area (Å²) in [5.41, 5.74) is 2.06. The number of ether oxygens (including phenoxy) is 1. The predicted octanol–water partition coefficient (Wildman–Crippen LogP) is 3.97. The lowest BCUT2D eigenvalue weighted by Crippen LogP contribution is -2.49. The van der Waals surface area contributed by atoms with Crippen LogP contribution in [0.3, 0.4) is 0 Å². The van der Waals surface area contributed by atoms with Gasteiger partial charge in [-0.3, -0.25) is 9.59 Å². The van der Waals surface area contributed by atoms with Crippen molar-refractivity contribution in [2.24, 2.45) is 0 Å². The minimum Gasteiger partial charge on any atom is -0.484 e. The number of hydrogen-bond acceptors (Lipinski definition) is 3. The molecule has 0 aliphatic heterocycles. The number of carbonyl (C=O) groups excluding carboxylic acids is 2. The van der Waals surface area contributed by atoms with Crippen molar-refractivity contribution in [1.82, 2.24) is 10.2 Å². The Labute approximate surface area is 171 Å². The lowest BCUT2D eigenvalue weighted by atomic mass is 10.1. The maximum atomic E-state index is 12.9. The minimum absolute atomic E-state index is 0.169. The summed E-state index contributed by atoms with van der Waals surface area (Å²) < 4.78 is 5.59. The highest BCUT2D eigenvalue weighted by molar-refractivity contribution is 6.30. The Morgan fingerprint density at radius 3 is 2.61 bits per heavy atom. The van der Waals surface area contributed by atoms with Crippen LogP contribution in [0.5, 0.6) is 5.75 Å². The van der Waals surface area contributed by atoms with Crippen LogP contribution < -0.4 is 10.1 Å². The molecule has 28 heavy (non-hydrogen) atoms. The first-order valence-electron chi connectivity index (χ1n) is 9.41. The van der Waals surface area contributed by atoms with Crippen LogP contribution >= 0.6 is 11.6 Å². The van der Waals surface area contributed by atoms with Crippen LogP contribution in [-0.2, 0) is 16.1 Å². The van der Waals surface area contributed by atoms with Gasteiger partial charge in [0.2, 0.25) is 5.91 Å². The van der Waals surface area contributed by atoms with Crippen LogP contribution in [0.1, 0.15) is 31.4 Å². The average Bonchev–Trinajstić information content (AvgIpc) is 2.68. The van der Waals surface area contributed by atoms with E-state index >= 15 is 0 Å². The maximum Gasteiger partial charge on any atom is 0.261 e. The zero-order valence-electron chi connectivity index (χ0n) is 16.6. The predicted molar refractivity (Wildman–Crippen MR) is 111 cm³/mol. The first-order chi connectivity index (χ1) is 13.4. The van der Waals surface area contributed by atoms with Crippen molar-refractivity contribution in [2.75, 3.05) is 13.2 Å². The van der Waals surface area contributed by atoms with Gasteiger partial charge in [-0.15, -0.1) is 0 Å². The van der Waals surface area contributed by atoms with Gasteiger partial charge in [-0.2, -0.15) is 0 Å². The molecular formula is C22H27ClN2O3. The number of nitrogens with one attached hydrogen (secondary N) is 1. The van der Waals surface area contributed by atoms with Crippen molar-refractivity contribution in [1.29, 1.82) is 0 Å². The summed E-state index contributed by atoms with van der Waals surface area (Å²) in [7, 11) is 0. The summed E-state index contributed by atoms with van der Waals surface area (Å²) in [5, 5.41) is 3.39. The fourth-order valence-electron chi connectivity index (χ4n) is 2.77.